The number of benzene rings is 1. The Hall–Kier alpha value is -2.23. The Kier molecular flexibility index (Phi) is 3.71. The van der Waals surface area contributed by atoms with Crippen LogP contribution in [0.2, 0.25) is 0 Å². The van der Waals surface area contributed by atoms with Gasteiger partial charge in [-0.3, -0.25) is 0 Å². The minimum absolute atomic E-state index is 0.222. The van der Waals surface area contributed by atoms with Gasteiger partial charge < -0.3 is 4.40 Å². The van der Waals surface area contributed by atoms with Gasteiger partial charge in [0.05, 0.1) is 5.69 Å². The second-order valence-electron chi connectivity index (χ2n) is 6.78. The topological polar surface area (TPSA) is 17.3 Å². The van der Waals surface area contributed by atoms with Crippen LogP contribution in [0.1, 0.15) is 33.3 Å². The number of imidazole rings is 1. The molecule has 23 heavy (non-hydrogen) atoms. The lowest BCUT2D eigenvalue weighted by atomic mass is 9.73. The van der Waals surface area contributed by atoms with E-state index < -0.39 is 11.6 Å². The van der Waals surface area contributed by atoms with Crippen molar-refractivity contribution in [1.29, 1.82) is 0 Å². The molecule has 2 heterocycles. The van der Waals surface area contributed by atoms with Gasteiger partial charge in [0.2, 0.25) is 0 Å². The van der Waals surface area contributed by atoms with Crippen molar-refractivity contribution >= 4 is 5.65 Å². The third kappa shape index (κ3) is 2.62. The van der Waals surface area contributed by atoms with E-state index in [2.05, 4.69) is 18.8 Å². The first-order chi connectivity index (χ1) is 10.8. The Morgan fingerprint density at radius 2 is 1.87 bits per heavy atom. The van der Waals surface area contributed by atoms with E-state index in [-0.39, 0.29) is 11.3 Å². The van der Waals surface area contributed by atoms with Crippen LogP contribution >= 0.6 is 0 Å². The summed E-state index contributed by atoms with van der Waals surface area (Å²) in [4.78, 5) is 4.51. The van der Waals surface area contributed by atoms with E-state index >= 15 is 0 Å². The summed E-state index contributed by atoms with van der Waals surface area (Å²) in [6.07, 6.45) is 3.64. The molecule has 0 unspecified atom stereocenters. The van der Waals surface area contributed by atoms with Crippen LogP contribution in [0, 0.1) is 17.6 Å². The van der Waals surface area contributed by atoms with Crippen LogP contribution in [-0.4, -0.2) is 9.38 Å². The molecule has 0 bridgehead atoms. The maximum atomic E-state index is 14.6. The largest absolute Gasteiger partial charge is 0.306 e. The fraction of sp³-hybridized carbons (Fsp3) is 0.316. The number of fused-ring (bicyclic) bond motifs is 1. The van der Waals surface area contributed by atoms with Crippen LogP contribution in [0.4, 0.5) is 8.78 Å². The predicted octanol–water partition coefficient (Wildman–Crippen LogP) is 5.21. The molecule has 2 aromatic heterocycles. The summed E-state index contributed by atoms with van der Waals surface area (Å²) in [7, 11) is 0. The molecule has 3 aromatic rings. The molecule has 120 valence electrons. The lowest BCUT2D eigenvalue weighted by molar-refractivity contribution is 0.369. The molecule has 2 nitrogen and oxygen atoms in total. The van der Waals surface area contributed by atoms with E-state index in [9.17, 15) is 8.78 Å². The van der Waals surface area contributed by atoms with Crippen molar-refractivity contribution in [3.63, 3.8) is 0 Å². The van der Waals surface area contributed by atoms with Gasteiger partial charge in [-0.25, -0.2) is 13.8 Å². The molecule has 0 aliphatic carbocycles. The average Bonchev–Trinajstić information content (AvgIpc) is 2.89. The normalized spacial score (nSPS) is 12.3. The van der Waals surface area contributed by atoms with Crippen molar-refractivity contribution in [2.24, 2.45) is 5.92 Å². The summed E-state index contributed by atoms with van der Waals surface area (Å²) >= 11 is 0. The minimum atomic E-state index is -0.572. The molecule has 0 saturated carbocycles. The van der Waals surface area contributed by atoms with Gasteiger partial charge in [-0.15, -0.1) is 0 Å². The SMILES string of the molecule is CC(C)C(C)(C)c1cc(F)cc(F)c1-c1cn2ccccc2n1. The fourth-order valence-electron chi connectivity index (χ4n) is 2.71. The van der Waals surface area contributed by atoms with Crippen molar-refractivity contribution in [2.75, 3.05) is 0 Å². The summed E-state index contributed by atoms with van der Waals surface area (Å²) in [5, 5.41) is 0. The van der Waals surface area contributed by atoms with Crippen molar-refractivity contribution in [3.05, 3.63) is 59.9 Å². The molecule has 0 amide bonds. The van der Waals surface area contributed by atoms with Crippen LogP contribution in [0.3, 0.4) is 0 Å². The molecular weight excluding hydrogens is 294 g/mol. The molecule has 0 radical (unpaired) electrons. The lowest BCUT2D eigenvalue weighted by Crippen LogP contribution is -2.26. The molecule has 1 aromatic carbocycles. The van der Waals surface area contributed by atoms with Gasteiger partial charge in [0, 0.05) is 24.0 Å². The zero-order valence-electron chi connectivity index (χ0n) is 13.8. The number of nitrogens with zero attached hydrogens (tertiary/aromatic N) is 2. The van der Waals surface area contributed by atoms with Crippen LogP contribution in [0.25, 0.3) is 16.9 Å². The second-order valence-corrected chi connectivity index (χ2v) is 6.78. The Balaban J connectivity index is 2.30. The average molecular weight is 314 g/mol. The van der Waals surface area contributed by atoms with Gasteiger partial charge in [0.25, 0.3) is 0 Å². The van der Waals surface area contributed by atoms with E-state index in [1.807, 2.05) is 42.6 Å². The minimum Gasteiger partial charge on any atom is -0.306 e. The van der Waals surface area contributed by atoms with Gasteiger partial charge in [-0.2, -0.15) is 0 Å². The number of pyridine rings is 1. The zero-order valence-corrected chi connectivity index (χ0v) is 13.8. The van der Waals surface area contributed by atoms with E-state index in [4.69, 9.17) is 0 Å². The number of hydrogen-bond donors (Lipinski definition) is 0. The molecule has 0 spiro atoms. The van der Waals surface area contributed by atoms with Crippen molar-refractivity contribution in [1.82, 2.24) is 9.38 Å². The van der Waals surface area contributed by atoms with Gasteiger partial charge in [0.1, 0.15) is 17.3 Å². The Labute approximate surface area is 134 Å². The van der Waals surface area contributed by atoms with Gasteiger partial charge in [-0.05, 0) is 35.1 Å². The number of aromatic nitrogens is 2. The maximum Gasteiger partial charge on any atom is 0.137 e. The van der Waals surface area contributed by atoms with Crippen LogP contribution in [0.5, 0.6) is 0 Å². The molecule has 0 saturated heterocycles. The standard InChI is InChI=1S/C19H20F2N2/c1-12(2)19(3,4)14-9-13(20)10-15(21)18(14)16-11-23-8-6-5-7-17(23)22-16/h5-12H,1-4H3. The van der Waals surface area contributed by atoms with E-state index in [0.29, 0.717) is 16.8 Å². The summed E-state index contributed by atoms with van der Waals surface area (Å²) in [5.74, 6) is -0.907. The maximum absolute atomic E-state index is 14.6. The second kappa shape index (κ2) is 5.44. The van der Waals surface area contributed by atoms with E-state index in [1.165, 1.54) is 6.07 Å². The van der Waals surface area contributed by atoms with Crippen LogP contribution in [-0.2, 0) is 5.41 Å². The molecule has 4 heteroatoms. The quantitative estimate of drug-likeness (QED) is 0.648. The van der Waals surface area contributed by atoms with E-state index in [1.54, 1.807) is 6.20 Å². The predicted molar refractivity (Wildman–Crippen MR) is 88.4 cm³/mol. The molecule has 0 N–H and O–H groups in total. The first-order valence-electron chi connectivity index (χ1n) is 7.74. The summed E-state index contributed by atoms with van der Waals surface area (Å²) < 4.78 is 30.3. The zero-order chi connectivity index (χ0) is 16.8. The van der Waals surface area contributed by atoms with Gasteiger partial charge in [-0.1, -0.05) is 33.8 Å². The first kappa shape index (κ1) is 15.7. The lowest BCUT2D eigenvalue weighted by Gasteiger charge is -2.32. The first-order valence-corrected chi connectivity index (χ1v) is 7.74. The highest BCUT2D eigenvalue weighted by Gasteiger charge is 2.31. The Bertz CT molecular complexity index is 830. The molecule has 0 atom stereocenters. The summed E-state index contributed by atoms with van der Waals surface area (Å²) in [6, 6.07) is 7.99. The third-order valence-electron chi connectivity index (χ3n) is 4.81. The molecule has 3 rings (SSSR count). The smallest absolute Gasteiger partial charge is 0.137 e. The van der Waals surface area contributed by atoms with Gasteiger partial charge >= 0.3 is 0 Å². The summed E-state index contributed by atoms with van der Waals surface area (Å²) in [6.45, 7) is 8.11. The fourth-order valence-corrected chi connectivity index (χ4v) is 2.71. The van der Waals surface area contributed by atoms with Crippen molar-refractivity contribution in [2.45, 2.75) is 33.1 Å². The van der Waals surface area contributed by atoms with Crippen LogP contribution < -0.4 is 0 Å². The van der Waals surface area contributed by atoms with Crippen molar-refractivity contribution in [3.8, 4) is 11.3 Å². The monoisotopic (exact) mass is 314 g/mol. The highest BCUT2D eigenvalue weighted by atomic mass is 19.1. The van der Waals surface area contributed by atoms with E-state index in [0.717, 1.165) is 11.7 Å². The number of halogens is 2. The third-order valence-corrected chi connectivity index (χ3v) is 4.81. The highest BCUT2D eigenvalue weighted by molar-refractivity contribution is 5.68. The van der Waals surface area contributed by atoms with Crippen LogP contribution in [0.15, 0.2) is 42.7 Å². The summed E-state index contributed by atoms with van der Waals surface area (Å²) in [5.41, 5.74) is 1.91. The molecule has 0 aliphatic heterocycles. The Morgan fingerprint density at radius 3 is 2.52 bits per heavy atom. The Morgan fingerprint density at radius 1 is 1.13 bits per heavy atom. The molecule has 0 fully saturated rings. The number of rotatable bonds is 3. The molecular formula is C19H20F2N2. The van der Waals surface area contributed by atoms with Gasteiger partial charge in [0.15, 0.2) is 0 Å². The molecule has 0 aliphatic rings. The number of hydrogen-bond acceptors (Lipinski definition) is 1. The highest BCUT2D eigenvalue weighted by Crippen LogP contribution is 2.39. The van der Waals surface area contributed by atoms with Crippen molar-refractivity contribution < 1.29 is 8.78 Å².